The number of rotatable bonds is 5. The number of carbonyl (C=O) groups is 1. The second-order valence-corrected chi connectivity index (χ2v) is 6.64. The lowest BCUT2D eigenvalue weighted by atomic mass is 10.1. The van der Waals surface area contributed by atoms with Gasteiger partial charge in [-0.25, -0.2) is 0 Å². The molecule has 0 fully saturated rings. The summed E-state index contributed by atoms with van der Waals surface area (Å²) in [7, 11) is 0. The Bertz CT molecular complexity index is 920. The van der Waals surface area contributed by atoms with Crippen LogP contribution < -0.4 is 10.6 Å². The number of pyridine rings is 1. The number of aromatic nitrogens is 1. The first-order chi connectivity index (χ1) is 12.5. The first-order valence-electron chi connectivity index (χ1n) is 8.33. The van der Waals surface area contributed by atoms with Crippen LogP contribution in [0, 0.1) is 13.8 Å². The summed E-state index contributed by atoms with van der Waals surface area (Å²) >= 11 is 6.17. The lowest BCUT2D eigenvalue weighted by Crippen LogP contribution is -2.13. The Morgan fingerprint density at radius 2 is 1.73 bits per heavy atom. The zero-order valence-corrected chi connectivity index (χ0v) is 15.5. The molecule has 1 heterocycles. The zero-order valence-electron chi connectivity index (χ0n) is 14.7. The number of hydrogen-bond donors (Lipinski definition) is 2. The summed E-state index contributed by atoms with van der Waals surface area (Å²) in [5.74, 6) is -0.191. The molecule has 0 spiro atoms. The van der Waals surface area contributed by atoms with Crippen molar-refractivity contribution in [3.63, 3.8) is 0 Å². The molecule has 5 heteroatoms. The van der Waals surface area contributed by atoms with E-state index in [0.29, 0.717) is 17.1 Å². The quantitative estimate of drug-likeness (QED) is 0.652. The summed E-state index contributed by atoms with van der Waals surface area (Å²) < 4.78 is 0. The molecule has 0 radical (unpaired) electrons. The number of aryl methyl sites for hydroxylation is 2. The zero-order chi connectivity index (χ0) is 18.5. The van der Waals surface area contributed by atoms with Crippen LogP contribution in [-0.2, 0) is 6.54 Å². The minimum atomic E-state index is -0.191. The fraction of sp³-hybridized carbons (Fsp3) is 0.143. The molecule has 1 aromatic heterocycles. The summed E-state index contributed by atoms with van der Waals surface area (Å²) in [6.45, 7) is 4.57. The van der Waals surface area contributed by atoms with Gasteiger partial charge in [0.15, 0.2) is 0 Å². The molecule has 0 unspecified atom stereocenters. The Morgan fingerprint density at radius 1 is 1.00 bits per heavy atom. The van der Waals surface area contributed by atoms with E-state index in [9.17, 15) is 4.79 Å². The third-order valence-electron chi connectivity index (χ3n) is 3.92. The van der Waals surface area contributed by atoms with Gasteiger partial charge in [-0.05, 0) is 54.8 Å². The monoisotopic (exact) mass is 365 g/mol. The van der Waals surface area contributed by atoms with Crippen LogP contribution >= 0.6 is 11.6 Å². The van der Waals surface area contributed by atoms with Crippen molar-refractivity contribution in [1.82, 2.24) is 4.98 Å². The lowest BCUT2D eigenvalue weighted by Gasteiger charge is -2.10. The van der Waals surface area contributed by atoms with E-state index in [2.05, 4.69) is 21.7 Å². The first kappa shape index (κ1) is 18.0. The molecule has 4 nitrogen and oxygen atoms in total. The van der Waals surface area contributed by atoms with Crippen LogP contribution in [0.2, 0.25) is 5.02 Å². The summed E-state index contributed by atoms with van der Waals surface area (Å²) in [4.78, 5) is 16.7. The summed E-state index contributed by atoms with van der Waals surface area (Å²) in [6, 6.07) is 15.4. The van der Waals surface area contributed by atoms with Gasteiger partial charge in [-0.15, -0.1) is 0 Å². The summed E-state index contributed by atoms with van der Waals surface area (Å²) in [5, 5.41) is 6.88. The van der Waals surface area contributed by atoms with Crippen LogP contribution in [0.4, 0.5) is 11.4 Å². The van der Waals surface area contributed by atoms with E-state index < -0.39 is 0 Å². The Morgan fingerprint density at radius 3 is 2.46 bits per heavy atom. The van der Waals surface area contributed by atoms with Gasteiger partial charge in [-0.2, -0.15) is 0 Å². The largest absolute Gasteiger partial charge is 0.380 e. The Balaban J connectivity index is 1.70. The maximum Gasteiger partial charge on any atom is 0.257 e. The van der Waals surface area contributed by atoms with Crippen molar-refractivity contribution in [2.24, 2.45) is 0 Å². The highest BCUT2D eigenvalue weighted by Gasteiger charge is 2.09. The van der Waals surface area contributed by atoms with Crippen molar-refractivity contribution in [1.29, 1.82) is 0 Å². The van der Waals surface area contributed by atoms with Crippen molar-refractivity contribution in [2.45, 2.75) is 20.4 Å². The topological polar surface area (TPSA) is 54.0 Å². The second-order valence-electron chi connectivity index (χ2n) is 6.24. The molecule has 0 bridgehead atoms. The highest BCUT2D eigenvalue weighted by atomic mass is 35.5. The molecule has 132 valence electrons. The normalized spacial score (nSPS) is 10.4. The smallest absolute Gasteiger partial charge is 0.257 e. The number of hydrogen-bond acceptors (Lipinski definition) is 3. The van der Waals surface area contributed by atoms with Crippen LogP contribution in [0.15, 0.2) is 60.9 Å². The predicted octanol–water partition coefficient (Wildman–Crippen LogP) is 5.22. The van der Waals surface area contributed by atoms with Gasteiger partial charge < -0.3 is 10.6 Å². The molecule has 0 atom stereocenters. The number of nitrogens with zero attached hydrogens (tertiary/aromatic N) is 1. The van der Waals surface area contributed by atoms with Gasteiger partial charge in [0.05, 0.1) is 11.3 Å². The van der Waals surface area contributed by atoms with Gasteiger partial charge in [-0.1, -0.05) is 35.9 Å². The number of amides is 1. The molecule has 0 saturated carbocycles. The van der Waals surface area contributed by atoms with Gasteiger partial charge in [-0.3, -0.25) is 9.78 Å². The van der Waals surface area contributed by atoms with Gasteiger partial charge in [0.2, 0.25) is 0 Å². The molecule has 2 N–H and O–H groups in total. The van der Waals surface area contributed by atoms with Gasteiger partial charge in [0.25, 0.3) is 5.91 Å². The number of halogens is 1. The molecule has 3 rings (SSSR count). The highest BCUT2D eigenvalue weighted by Crippen LogP contribution is 2.18. The third-order valence-corrected chi connectivity index (χ3v) is 4.29. The number of nitrogens with one attached hydrogen (secondary N) is 2. The van der Waals surface area contributed by atoms with Gasteiger partial charge in [0.1, 0.15) is 0 Å². The van der Waals surface area contributed by atoms with Crippen LogP contribution in [0.3, 0.4) is 0 Å². The van der Waals surface area contributed by atoms with Crippen molar-refractivity contribution in [3.8, 4) is 0 Å². The van der Waals surface area contributed by atoms with E-state index in [1.807, 2.05) is 50.2 Å². The molecule has 3 aromatic rings. The van der Waals surface area contributed by atoms with Crippen molar-refractivity contribution >= 4 is 28.9 Å². The second kappa shape index (κ2) is 8.02. The SMILES string of the molecule is Cc1cc(C)cc(NC(=O)c2cncc(NCc3ccccc3Cl)c2)c1. The van der Waals surface area contributed by atoms with E-state index in [1.165, 1.54) is 0 Å². The van der Waals surface area contributed by atoms with Crippen LogP contribution in [0.5, 0.6) is 0 Å². The standard InChI is InChI=1S/C21H20ClN3O/c1-14-7-15(2)9-18(8-14)25-21(26)17-10-19(13-23-11-17)24-12-16-5-3-4-6-20(16)22/h3-11,13,24H,12H2,1-2H3,(H,25,26). The van der Waals surface area contributed by atoms with Gasteiger partial charge in [0, 0.05) is 29.6 Å². The van der Waals surface area contributed by atoms with E-state index in [4.69, 9.17) is 11.6 Å². The summed E-state index contributed by atoms with van der Waals surface area (Å²) in [6.07, 6.45) is 3.24. The maximum atomic E-state index is 12.5. The van der Waals surface area contributed by atoms with E-state index in [1.54, 1.807) is 18.5 Å². The molecule has 0 aliphatic rings. The first-order valence-corrected chi connectivity index (χ1v) is 8.71. The predicted molar refractivity (Wildman–Crippen MR) is 107 cm³/mol. The molecular formula is C21H20ClN3O. The Labute approximate surface area is 158 Å². The van der Waals surface area contributed by atoms with Crippen molar-refractivity contribution in [3.05, 3.63) is 88.2 Å². The summed E-state index contributed by atoms with van der Waals surface area (Å²) in [5.41, 5.74) is 5.23. The molecule has 1 amide bonds. The molecular weight excluding hydrogens is 346 g/mol. The third kappa shape index (κ3) is 4.61. The van der Waals surface area contributed by atoms with Crippen LogP contribution in [0.25, 0.3) is 0 Å². The molecule has 2 aromatic carbocycles. The Kier molecular flexibility index (Phi) is 5.54. The molecule has 0 aliphatic carbocycles. The minimum absolute atomic E-state index is 0.191. The van der Waals surface area contributed by atoms with E-state index in [0.717, 1.165) is 28.1 Å². The lowest BCUT2D eigenvalue weighted by molar-refractivity contribution is 0.102. The average Bonchev–Trinajstić information content (AvgIpc) is 2.60. The molecule has 0 saturated heterocycles. The Hall–Kier alpha value is -2.85. The van der Waals surface area contributed by atoms with Crippen molar-refractivity contribution < 1.29 is 4.79 Å². The fourth-order valence-electron chi connectivity index (χ4n) is 2.75. The number of benzene rings is 2. The minimum Gasteiger partial charge on any atom is -0.380 e. The number of anilines is 2. The fourth-order valence-corrected chi connectivity index (χ4v) is 2.95. The molecule has 0 aliphatic heterocycles. The maximum absolute atomic E-state index is 12.5. The number of carbonyl (C=O) groups excluding carboxylic acids is 1. The van der Waals surface area contributed by atoms with E-state index in [-0.39, 0.29) is 5.91 Å². The van der Waals surface area contributed by atoms with E-state index >= 15 is 0 Å². The van der Waals surface area contributed by atoms with Gasteiger partial charge >= 0.3 is 0 Å². The molecule has 26 heavy (non-hydrogen) atoms. The van der Waals surface area contributed by atoms with Crippen LogP contribution in [-0.4, -0.2) is 10.9 Å². The highest BCUT2D eigenvalue weighted by molar-refractivity contribution is 6.31. The van der Waals surface area contributed by atoms with Crippen molar-refractivity contribution in [2.75, 3.05) is 10.6 Å². The average molecular weight is 366 g/mol. The van der Waals surface area contributed by atoms with Crippen LogP contribution in [0.1, 0.15) is 27.0 Å².